The van der Waals surface area contributed by atoms with Crippen LogP contribution in [0.2, 0.25) is 0 Å². The van der Waals surface area contributed by atoms with Crippen molar-refractivity contribution in [3.8, 4) is 0 Å². The number of hydrogen-bond acceptors (Lipinski definition) is 3. The summed E-state index contributed by atoms with van der Waals surface area (Å²) < 4.78 is 0. The van der Waals surface area contributed by atoms with Gasteiger partial charge in [-0.3, -0.25) is 14.6 Å². The van der Waals surface area contributed by atoms with Crippen molar-refractivity contribution in [3.05, 3.63) is 48.9 Å². The minimum absolute atomic E-state index is 0.192. The molecule has 108 valence electrons. The molecule has 0 aromatic heterocycles. The van der Waals surface area contributed by atoms with Crippen LogP contribution in [0.3, 0.4) is 0 Å². The summed E-state index contributed by atoms with van der Waals surface area (Å²) >= 11 is 0. The van der Waals surface area contributed by atoms with Crippen LogP contribution in [0.25, 0.3) is 0 Å². The van der Waals surface area contributed by atoms with Crippen LogP contribution in [0.15, 0.2) is 53.8 Å². The molecule has 0 aliphatic heterocycles. The number of carbonyl (C=O) groups excluding carboxylic acids is 2. The van der Waals surface area contributed by atoms with Gasteiger partial charge in [-0.15, -0.1) is 0 Å². The standard InChI is InChI=1S/C15H21N3O2/c1-6-9-18(14(19)7-2)11-13(16-5)10-12(4)15(20)17-8-3/h6-7,9-10H,2,4-5,8,11H2,1,3H3,(H,17,20)/b9-6+,13-10-. The van der Waals surface area contributed by atoms with Gasteiger partial charge in [-0.25, -0.2) is 0 Å². The van der Waals surface area contributed by atoms with Gasteiger partial charge in [0.05, 0.1) is 12.2 Å². The van der Waals surface area contributed by atoms with Gasteiger partial charge in [-0.2, -0.15) is 0 Å². The molecule has 0 aliphatic carbocycles. The van der Waals surface area contributed by atoms with Gasteiger partial charge in [0.25, 0.3) is 5.91 Å². The van der Waals surface area contributed by atoms with Crippen molar-refractivity contribution in [2.75, 3.05) is 13.1 Å². The lowest BCUT2D eigenvalue weighted by Gasteiger charge is -2.16. The lowest BCUT2D eigenvalue weighted by molar-refractivity contribution is -0.123. The molecule has 0 fully saturated rings. The number of aliphatic imine (C=N–C) groups is 1. The van der Waals surface area contributed by atoms with Crippen LogP contribution in [0.5, 0.6) is 0 Å². The van der Waals surface area contributed by atoms with Crippen LogP contribution < -0.4 is 5.32 Å². The van der Waals surface area contributed by atoms with E-state index in [2.05, 4.69) is 30.2 Å². The fraction of sp³-hybridized carbons (Fsp3) is 0.267. The summed E-state index contributed by atoms with van der Waals surface area (Å²) in [5.74, 6) is -0.539. The van der Waals surface area contributed by atoms with Crippen molar-refractivity contribution >= 4 is 18.5 Å². The maximum Gasteiger partial charge on any atom is 0.250 e. The van der Waals surface area contributed by atoms with Gasteiger partial charge >= 0.3 is 0 Å². The van der Waals surface area contributed by atoms with Crippen LogP contribution in [-0.2, 0) is 9.59 Å². The molecule has 0 aromatic rings. The van der Waals surface area contributed by atoms with Crippen LogP contribution in [0.1, 0.15) is 13.8 Å². The van der Waals surface area contributed by atoms with Gasteiger partial charge in [-0.1, -0.05) is 19.2 Å². The number of hydrogen-bond donors (Lipinski definition) is 1. The van der Waals surface area contributed by atoms with E-state index in [4.69, 9.17) is 0 Å². The lowest BCUT2D eigenvalue weighted by atomic mass is 10.2. The Hall–Kier alpha value is -2.43. The number of rotatable bonds is 8. The Kier molecular flexibility index (Phi) is 8.34. The average molecular weight is 275 g/mol. The number of carbonyl (C=O) groups is 2. The van der Waals surface area contributed by atoms with Gasteiger partial charge in [0.15, 0.2) is 0 Å². The summed E-state index contributed by atoms with van der Waals surface area (Å²) in [6.45, 7) is 14.9. The predicted molar refractivity (Wildman–Crippen MR) is 82.2 cm³/mol. The van der Waals surface area contributed by atoms with Crippen molar-refractivity contribution in [2.45, 2.75) is 13.8 Å². The number of nitrogens with one attached hydrogen (secondary N) is 1. The zero-order valence-corrected chi connectivity index (χ0v) is 12.1. The molecule has 0 saturated carbocycles. The van der Waals surface area contributed by atoms with E-state index in [0.717, 1.165) is 0 Å². The Labute approximate surface area is 120 Å². The SMILES string of the molecule is C=CC(=O)N(/C=C/C)C/C(=C/C(=C)C(=O)NCC)N=C. The first kappa shape index (κ1) is 17.6. The van der Waals surface area contributed by atoms with E-state index in [0.29, 0.717) is 12.2 Å². The molecule has 0 radical (unpaired) electrons. The third kappa shape index (κ3) is 5.95. The topological polar surface area (TPSA) is 61.8 Å². The van der Waals surface area contributed by atoms with Crippen molar-refractivity contribution in [3.63, 3.8) is 0 Å². The highest BCUT2D eigenvalue weighted by molar-refractivity contribution is 5.95. The quantitative estimate of drug-likeness (QED) is 0.417. The Morgan fingerprint density at radius 3 is 2.50 bits per heavy atom. The molecule has 0 aromatic carbocycles. The molecule has 0 aliphatic rings. The fourth-order valence-corrected chi connectivity index (χ4v) is 1.36. The highest BCUT2D eigenvalue weighted by Crippen LogP contribution is 2.07. The summed E-state index contributed by atoms with van der Waals surface area (Å²) in [7, 11) is 0. The second kappa shape index (κ2) is 9.49. The normalized spacial score (nSPS) is 11.0. The largest absolute Gasteiger partial charge is 0.352 e. The first-order valence-corrected chi connectivity index (χ1v) is 6.20. The predicted octanol–water partition coefficient (Wildman–Crippen LogP) is 1.81. The molecule has 5 heteroatoms. The molecule has 0 rings (SSSR count). The van der Waals surface area contributed by atoms with Gasteiger partial charge in [0, 0.05) is 18.3 Å². The van der Waals surface area contributed by atoms with Crippen LogP contribution in [0, 0.1) is 0 Å². The summed E-state index contributed by atoms with van der Waals surface area (Å²) in [5.41, 5.74) is 0.732. The average Bonchev–Trinajstić information content (AvgIpc) is 2.44. The van der Waals surface area contributed by atoms with Gasteiger partial charge in [-0.05, 0) is 32.7 Å². The van der Waals surface area contributed by atoms with Crippen LogP contribution >= 0.6 is 0 Å². The molecule has 0 bridgehead atoms. The van der Waals surface area contributed by atoms with E-state index in [-0.39, 0.29) is 23.9 Å². The Morgan fingerprint density at radius 2 is 2.05 bits per heavy atom. The van der Waals surface area contributed by atoms with Gasteiger partial charge in [0.1, 0.15) is 0 Å². The highest BCUT2D eigenvalue weighted by atomic mass is 16.2. The van der Waals surface area contributed by atoms with E-state index in [1.165, 1.54) is 17.1 Å². The van der Waals surface area contributed by atoms with Gasteiger partial charge in [0.2, 0.25) is 5.91 Å². The molecule has 2 amide bonds. The zero-order chi connectivity index (χ0) is 15.5. The molecule has 0 spiro atoms. The Bertz CT molecular complexity index is 462. The van der Waals surface area contributed by atoms with Crippen molar-refractivity contribution in [1.29, 1.82) is 0 Å². The van der Waals surface area contributed by atoms with Crippen molar-refractivity contribution in [1.82, 2.24) is 10.2 Å². The third-order valence-electron chi connectivity index (χ3n) is 2.29. The fourth-order valence-electron chi connectivity index (χ4n) is 1.36. The van der Waals surface area contributed by atoms with Gasteiger partial charge < -0.3 is 10.2 Å². The first-order valence-electron chi connectivity index (χ1n) is 6.20. The molecule has 0 saturated heterocycles. The Morgan fingerprint density at radius 1 is 1.40 bits per heavy atom. The summed E-state index contributed by atoms with van der Waals surface area (Å²) in [6.07, 6.45) is 6.04. The van der Waals surface area contributed by atoms with Crippen molar-refractivity contribution < 1.29 is 9.59 Å². The second-order valence-corrected chi connectivity index (χ2v) is 3.83. The molecule has 0 heterocycles. The lowest BCUT2D eigenvalue weighted by Crippen LogP contribution is -2.26. The van der Waals surface area contributed by atoms with Crippen molar-refractivity contribution in [2.24, 2.45) is 4.99 Å². The van der Waals surface area contributed by atoms with E-state index < -0.39 is 0 Å². The number of amides is 2. The second-order valence-electron chi connectivity index (χ2n) is 3.83. The van der Waals surface area contributed by atoms with Crippen LogP contribution in [-0.4, -0.2) is 36.5 Å². The first-order chi connectivity index (χ1) is 9.49. The molecule has 1 N–H and O–H groups in total. The monoisotopic (exact) mass is 275 g/mol. The maximum atomic E-state index is 11.6. The minimum atomic E-state index is -0.277. The van der Waals surface area contributed by atoms with E-state index in [9.17, 15) is 9.59 Å². The summed E-state index contributed by atoms with van der Waals surface area (Å²) in [6, 6.07) is 0. The molecule has 20 heavy (non-hydrogen) atoms. The molecular weight excluding hydrogens is 254 g/mol. The summed E-state index contributed by atoms with van der Waals surface area (Å²) in [4.78, 5) is 28.4. The molecule has 5 nitrogen and oxygen atoms in total. The summed E-state index contributed by atoms with van der Waals surface area (Å²) in [5, 5.41) is 2.63. The third-order valence-corrected chi connectivity index (χ3v) is 2.29. The Balaban J connectivity index is 5.03. The number of likely N-dealkylation sites (N-methyl/N-ethyl adjacent to an activating group) is 1. The van der Waals surface area contributed by atoms with E-state index in [1.807, 2.05) is 6.92 Å². The minimum Gasteiger partial charge on any atom is -0.352 e. The molecule has 0 unspecified atom stereocenters. The van der Waals surface area contributed by atoms with E-state index in [1.54, 1.807) is 19.2 Å². The molecular formula is C15H21N3O2. The number of allylic oxidation sites excluding steroid dienone is 1. The smallest absolute Gasteiger partial charge is 0.250 e. The molecule has 0 atom stereocenters. The van der Waals surface area contributed by atoms with Crippen LogP contribution in [0.4, 0.5) is 0 Å². The zero-order valence-electron chi connectivity index (χ0n) is 12.1. The van der Waals surface area contributed by atoms with E-state index >= 15 is 0 Å². The number of nitrogens with zero attached hydrogens (tertiary/aromatic N) is 2. The maximum absolute atomic E-state index is 11.6. The highest BCUT2D eigenvalue weighted by Gasteiger charge is 2.10.